The highest BCUT2D eigenvalue weighted by atomic mass is 16.5. The van der Waals surface area contributed by atoms with E-state index in [9.17, 15) is 9.59 Å². The quantitative estimate of drug-likeness (QED) is 0.219. The van der Waals surface area contributed by atoms with Crippen molar-refractivity contribution in [2.45, 2.75) is 19.8 Å². The number of rotatable bonds is 12. The van der Waals surface area contributed by atoms with E-state index in [2.05, 4.69) is 10.6 Å². The fraction of sp³-hybridized carbons (Fsp3) is 0.421. The number of anilines is 1. The second-order valence-electron chi connectivity index (χ2n) is 5.45. The molecule has 0 aliphatic heterocycles. The topological polar surface area (TPSA) is 121 Å². The number of nitriles is 1. The van der Waals surface area contributed by atoms with Crippen molar-refractivity contribution >= 4 is 17.6 Å². The van der Waals surface area contributed by atoms with Gasteiger partial charge >= 0.3 is 5.97 Å². The van der Waals surface area contributed by atoms with Gasteiger partial charge in [0.15, 0.2) is 0 Å². The minimum absolute atomic E-state index is 0.0675. The van der Waals surface area contributed by atoms with Gasteiger partial charge in [0.25, 0.3) is 5.91 Å². The molecule has 1 aromatic carbocycles. The maximum atomic E-state index is 12.3. The van der Waals surface area contributed by atoms with E-state index in [-0.39, 0.29) is 30.0 Å². The number of hydrogen-bond donors (Lipinski definition) is 3. The SMILES string of the molecule is CCCCOC(=O)c1ccccc1NC(=O)/C(C#N)=C\NCCOCCO. The van der Waals surface area contributed by atoms with Crippen molar-refractivity contribution in [3.8, 4) is 6.07 Å². The average Bonchev–Trinajstić information content (AvgIpc) is 2.68. The molecule has 0 unspecified atom stereocenters. The monoisotopic (exact) mass is 375 g/mol. The Kier molecular flexibility index (Phi) is 10.9. The number of nitrogens with zero attached hydrogens (tertiary/aromatic N) is 1. The van der Waals surface area contributed by atoms with E-state index >= 15 is 0 Å². The molecule has 0 fully saturated rings. The molecule has 0 heterocycles. The molecular formula is C19H25N3O5. The molecule has 0 aliphatic rings. The van der Waals surface area contributed by atoms with Crippen LogP contribution in [0.15, 0.2) is 36.0 Å². The van der Waals surface area contributed by atoms with Crippen LogP contribution in [-0.2, 0) is 14.3 Å². The molecule has 1 aromatic rings. The molecule has 0 saturated carbocycles. The zero-order valence-corrected chi connectivity index (χ0v) is 15.4. The lowest BCUT2D eigenvalue weighted by Crippen LogP contribution is -2.20. The zero-order valence-electron chi connectivity index (χ0n) is 15.4. The number of esters is 1. The Bertz CT molecular complexity index is 682. The predicted octanol–water partition coefficient (Wildman–Crippen LogP) is 1.59. The van der Waals surface area contributed by atoms with Gasteiger partial charge in [0.1, 0.15) is 11.6 Å². The van der Waals surface area contributed by atoms with E-state index in [0.29, 0.717) is 19.8 Å². The summed E-state index contributed by atoms with van der Waals surface area (Å²) >= 11 is 0. The first-order valence-electron chi connectivity index (χ1n) is 8.73. The Hall–Kier alpha value is -2.89. The van der Waals surface area contributed by atoms with Crippen molar-refractivity contribution in [3.05, 3.63) is 41.6 Å². The van der Waals surface area contributed by atoms with E-state index < -0.39 is 11.9 Å². The first-order valence-corrected chi connectivity index (χ1v) is 8.73. The molecule has 8 heteroatoms. The molecule has 0 radical (unpaired) electrons. The molecule has 0 aliphatic carbocycles. The van der Waals surface area contributed by atoms with Gasteiger partial charge in [0.2, 0.25) is 0 Å². The Labute approximate surface area is 158 Å². The second kappa shape index (κ2) is 13.3. The van der Waals surface area contributed by atoms with Crippen molar-refractivity contribution in [1.29, 1.82) is 5.26 Å². The average molecular weight is 375 g/mol. The summed E-state index contributed by atoms with van der Waals surface area (Å²) in [6.45, 7) is 3.15. The van der Waals surface area contributed by atoms with E-state index in [4.69, 9.17) is 19.8 Å². The van der Waals surface area contributed by atoms with Gasteiger partial charge in [-0.15, -0.1) is 0 Å². The van der Waals surface area contributed by atoms with Crippen LogP contribution in [0.1, 0.15) is 30.1 Å². The number of amides is 1. The summed E-state index contributed by atoms with van der Waals surface area (Å²) < 4.78 is 10.2. The Morgan fingerprint density at radius 3 is 2.74 bits per heavy atom. The third kappa shape index (κ3) is 8.35. The smallest absolute Gasteiger partial charge is 0.340 e. The van der Waals surface area contributed by atoms with Crippen molar-refractivity contribution in [2.24, 2.45) is 0 Å². The van der Waals surface area contributed by atoms with Gasteiger partial charge in [-0.3, -0.25) is 4.79 Å². The third-order valence-corrected chi connectivity index (χ3v) is 3.36. The minimum atomic E-state index is -0.643. The Balaban J connectivity index is 2.69. The highest BCUT2D eigenvalue weighted by Gasteiger charge is 2.16. The van der Waals surface area contributed by atoms with E-state index in [0.717, 1.165) is 12.8 Å². The number of carbonyl (C=O) groups excluding carboxylic acids is 2. The number of carbonyl (C=O) groups is 2. The standard InChI is InChI=1S/C19H25N3O5/c1-2-3-10-27-19(25)16-6-4-5-7-17(16)22-18(24)15(13-20)14-21-8-11-26-12-9-23/h4-7,14,21,23H,2-3,8-12H2,1H3,(H,22,24)/b15-14-. The molecule has 0 saturated heterocycles. The fourth-order valence-electron chi connectivity index (χ4n) is 1.97. The zero-order chi connectivity index (χ0) is 19.9. The third-order valence-electron chi connectivity index (χ3n) is 3.36. The molecule has 0 atom stereocenters. The van der Waals surface area contributed by atoms with Gasteiger partial charge in [0, 0.05) is 12.7 Å². The maximum absolute atomic E-state index is 12.3. The predicted molar refractivity (Wildman–Crippen MR) is 99.9 cm³/mol. The van der Waals surface area contributed by atoms with Gasteiger partial charge in [-0.25, -0.2) is 4.79 Å². The second-order valence-corrected chi connectivity index (χ2v) is 5.45. The molecule has 3 N–H and O–H groups in total. The lowest BCUT2D eigenvalue weighted by molar-refractivity contribution is -0.112. The number of benzene rings is 1. The van der Waals surface area contributed by atoms with Crippen molar-refractivity contribution in [1.82, 2.24) is 5.32 Å². The number of nitrogens with one attached hydrogen (secondary N) is 2. The summed E-state index contributed by atoms with van der Waals surface area (Å²) in [7, 11) is 0. The molecular weight excluding hydrogens is 350 g/mol. The fourth-order valence-corrected chi connectivity index (χ4v) is 1.97. The summed E-state index contributed by atoms with van der Waals surface area (Å²) in [5.41, 5.74) is 0.354. The lowest BCUT2D eigenvalue weighted by atomic mass is 10.1. The van der Waals surface area contributed by atoms with Gasteiger partial charge < -0.3 is 25.2 Å². The number of aliphatic hydroxyl groups excluding tert-OH is 1. The van der Waals surface area contributed by atoms with Crippen LogP contribution in [-0.4, -0.2) is 50.0 Å². The summed E-state index contributed by atoms with van der Waals surface area (Å²) in [6, 6.07) is 8.26. The molecule has 1 rings (SSSR count). The molecule has 27 heavy (non-hydrogen) atoms. The Morgan fingerprint density at radius 2 is 2.04 bits per heavy atom. The number of para-hydroxylation sites is 1. The van der Waals surface area contributed by atoms with Crippen LogP contribution >= 0.6 is 0 Å². The summed E-state index contributed by atoms with van der Waals surface area (Å²) in [4.78, 5) is 24.4. The molecule has 0 spiro atoms. The first kappa shape index (κ1) is 22.2. The Morgan fingerprint density at radius 1 is 1.26 bits per heavy atom. The number of hydrogen-bond acceptors (Lipinski definition) is 7. The summed E-state index contributed by atoms with van der Waals surface area (Å²) in [6.07, 6.45) is 2.94. The summed E-state index contributed by atoms with van der Waals surface area (Å²) in [5.74, 6) is -1.17. The van der Waals surface area contributed by atoms with Crippen LogP contribution in [0.5, 0.6) is 0 Å². The highest BCUT2D eigenvalue weighted by Crippen LogP contribution is 2.17. The molecule has 0 bridgehead atoms. The molecule has 146 valence electrons. The van der Waals surface area contributed by atoms with Crippen molar-refractivity contribution in [3.63, 3.8) is 0 Å². The lowest BCUT2D eigenvalue weighted by Gasteiger charge is -2.10. The van der Waals surface area contributed by atoms with Crippen LogP contribution in [0, 0.1) is 11.3 Å². The molecule has 1 amide bonds. The van der Waals surface area contributed by atoms with Crippen LogP contribution in [0.3, 0.4) is 0 Å². The normalized spacial score (nSPS) is 10.8. The maximum Gasteiger partial charge on any atom is 0.340 e. The van der Waals surface area contributed by atoms with Crippen LogP contribution in [0.25, 0.3) is 0 Å². The van der Waals surface area contributed by atoms with Gasteiger partial charge in [-0.05, 0) is 18.6 Å². The van der Waals surface area contributed by atoms with Crippen LogP contribution < -0.4 is 10.6 Å². The van der Waals surface area contributed by atoms with Crippen LogP contribution in [0.4, 0.5) is 5.69 Å². The minimum Gasteiger partial charge on any atom is -0.462 e. The van der Waals surface area contributed by atoms with Crippen LogP contribution in [0.2, 0.25) is 0 Å². The van der Waals surface area contributed by atoms with E-state index in [1.165, 1.54) is 6.20 Å². The molecule has 8 nitrogen and oxygen atoms in total. The number of unbranched alkanes of at least 4 members (excludes halogenated alkanes) is 1. The van der Waals surface area contributed by atoms with Crippen molar-refractivity contribution < 1.29 is 24.2 Å². The molecule has 0 aromatic heterocycles. The largest absolute Gasteiger partial charge is 0.462 e. The summed E-state index contributed by atoms with van der Waals surface area (Å²) in [5, 5.41) is 23.1. The van der Waals surface area contributed by atoms with Crippen molar-refractivity contribution in [2.75, 3.05) is 38.3 Å². The van der Waals surface area contributed by atoms with Gasteiger partial charge in [-0.1, -0.05) is 25.5 Å². The highest BCUT2D eigenvalue weighted by molar-refractivity contribution is 6.09. The van der Waals surface area contributed by atoms with E-state index in [1.54, 1.807) is 30.3 Å². The van der Waals surface area contributed by atoms with Gasteiger partial charge in [-0.2, -0.15) is 5.26 Å². The van der Waals surface area contributed by atoms with Gasteiger partial charge in [0.05, 0.1) is 37.7 Å². The number of ether oxygens (including phenoxy) is 2. The number of aliphatic hydroxyl groups is 1. The van der Waals surface area contributed by atoms with E-state index in [1.807, 2.05) is 6.92 Å². The first-order chi connectivity index (χ1) is 13.1.